The average molecular weight is 612 g/mol. The first-order valence-corrected chi connectivity index (χ1v) is 14.5. The van der Waals surface area contributed by atoms with Crippen molar-refractivity contribution in [1.29, 1.82) is 0 Å². The predicted octanol–water partition coefficient (Wildman–Crippen LogP) is 9.84. The van der Waals surface area contributed by atoms with Gasteiger partial charge in [0, 0.05) is 33.2 Å². The van der Waals surface area contributed by atoms with Gasteiger partial charge in [-0.2, -0.15) is 0 Å². The number of rotatable bonds is 2. The molecule has 3 aromatic heterocycles. The molecule has 0 unspecified atom stereocenters. The van der Waals surface area contributed by atoms with E-state index in [1.165, 1.54) is 44.5 Å². The molecule has 2 aromatic carbocycles. The number of aromatic amines is 2. The molecule has 7 rings (SSSR count). The van der Waals surface area contributed by atoms with Gasteiger partial charge in [-0.1, -0.05) is 35.4 Å². The maximum Gasteiger partial charge on any atom is 2.00 e. The fourth-order valence-electron chi connectivity index (χ4n) is 6.75. The Morgan fingerprint density at radius 3 is 1.26 bits per heavy atom. The summed E-state index contributed by atoms with van der Waals surface area (Å²) in [5.41, 5.74) is 20.0. The van der Waals surface area contributed by atoms with E-state index < -0.39 is 0 Å². The van der Waals surface area contributed by atoms with Crippen molar-refractivity contribution >= 4 is 46.4 Å². The molecule has 206 valence electrons. The van der Waals surface area contributed by atoms with Gasteiger partial charge in [-0.05, 0) is 136 Å². The molecule has 5 aromatic rings. The van der Waals surface area contributed by atoms with E-state index in [1.807, 2.05) is 0 Å². The van der Waals surface area contributed by atoms with E-state index in [9.17, 15) is 0 Å². The minimum Gasteiger partial charge on any atom is -0.355 e. The molecule has 0 spiro atoms. The van der Waals surface area contributed by atoms with E-state index in [0.717, 1.165) is 56.0 Å². The molecule has 8 bridgehead atoms. The van der Waals surface area contributed by atoms with Gasteiger partial charge in [-0.15, -0.1) is 0 Å². The molecule has 0 radical (unpaired) electrons. The van der Waals surface area contributed by atoms with Crippen LogP contribution in [0.15, 0.2) is 60.7 Å². The van der Waals surface area contributed by atoms with Crippen LogP contribution in [0, 0.1) is 41.5 Å². The van der Waals surface area contributed by atoms with Gasteiger partial charge in [0.15, 0.2) is 0 Å². The SMILES string of the molecule is Cc1cc(C)c(-c2c3nc(cc4ccc([nH]4)c(-c4c(C)cc(C)cc4C)c4ccc(cc5nc2C=C5)[nH]4)C=C3)c(C)c1.[Zn+2]. The third-order valence-electron chi connectivity index (χ3n) is 8.25. The quantitative estimate of drug-likeness (QED) is 0.191. The Bertz CT molecular complexity index is 2020. The number of nitrogens with one attached hydrogen (secondary N) is 2. The average Bonchev–Trinajstić information content (AvgIpc) is 3.73. The van der Waals surface area contributed by atoms with Crippen molar-refractivity contribution in [1.82, 2.24) is 19.9 Å². The Hall–Kier alpha value is -4.34. The predicted molar refractivity (Wildman–Crippen MR) is 178 cm³/mol. The molecule has 0 aliphatic carbocycles. The Morgan fingerprint density at radius 1 is 0.442 bits per heavy atom. The Morgan fingerprint density at radius 2 is 0.837 bits per heavy atom. The standard InChI is InChI=1S/C38H34N4.Zn/c1-21-15-23(3)35(24(4)16-21)37-31-11-7-27(39-31)19-29-9-13-33(41-29)38(36-25(5)17-22(2)18-26(36)6)34-14-10-30(42-34)20-28-8-12-32(37)40-28;/h7-20,39-40H,1-6H3;/q;+2. The number of aryl methyl sites for hydroxylation is 6. The van der Waals surface area contributed by atoms with Crippen LogP contribution in [0.4, 0.5) is 0 Å². The Balaban J connectivity index is 0.00000329. The molecule has 2 aliphatic heterocycles. The summed E-state index contributed by atoms with van der Waals surface area (Å²) in [5, 5.41) is 0. The fraction of sp³-hybridized carbons (Fsp3) is 0.158. The zero-order valence-electron chi connectivity index (χ0n) is 25.7. The van der Waals surface area contributed by atoms with Crippen LogP contribution < -0.4 is 0 Å². The number of hydrogen-bond acceptors (Lipinski definition) is 2. The molecule has 5 heteroatoms. The van der Waals surface area contributed by atoms with Gasteiger partial charge >= 0.3 is 19.5 Å². The number of hydrogen-bond donors (Lipinski definition) is 2. The fourth-order valence-corrected chi connectivity index (χ4v) is 6.75. The van der Waals surface area contributed by atoms with E-state index >= 15 is 0 Å². The number of fused-ring (bicyclic) bond motifs is 8. The summed E-state index contributed by atoms with van der Waals surface area (Å²) >= 11 is 0. The van der Waals surface area contributed by atoms with Crippen molar-refractivity contribution in [2.45, 2.75) is 41.5 Å². The molecule has 43 heavy (non-hydrogen) atoms. The van der Waals surface area contributed by atoms with Crippen LogP contribution >= 0.6 is 0 Å². The van der Waals surface area contributed by atoms with Crippen molar-refractivity contribution in [2.75, 3.05) is 0 Å². The molecule has 4 nitrogen and oxygen atoms in total. The molecule has 0 saturated carbocycles. The van der Waals surface area contributed by atoms with E-state index in [2.05, 4.69) is 136 Å². The first-order valence-electron chi connectivity index (χ1n) is 14.5. The molecule has 0 saturated heterocycles. The van der Waals surface area contributed by atoms with E-state index in [1.54, 1.807) is 0 Å². The van der Waals surface area contributed by atoms with Crippen molar-refractivity contribution in [3.05, 3.63) is 117 Å². The Labute approximate surface area is 265 Å². The second-order valence-corrected chi connectivity index (χ2v) is 11.8. The van der Waals surface area contributed by atoms with Crippen molar-refractivity contribution in [3.63, 3.8) is 0 Å². The summed E-state index contributed by atoms with van der Waals surface area (Å²) in [6, 6.07) is 21.9. The van der Waals surface area contributed by atoms with Crippen LogP contribution in [0.2, 0.25) is 0 Å². The number of H-pyrrole nitrogens is 2. The van der Waals surface area contributed by atoms with Crippen LogP contribution in [-0.4, -0.2) is 19.9 Å². The normalized spacial score (nSPS) is 12.0. The zero-order chi connectivity index (χ0) is 29.1. The van der Waals surface area contributed by atoms with Crippen LogP contribution in [0.5, 0.6) is 0 Å². The first-order chi connectivity index (χ1) is 20.2. The van der Waals surface area contributed by atoms with Gasteiger partial charge in [0.25, 0.3) is 0 Å². The van der Waals surface area contributed by atoms with E-state index in [-0.39, 0.29) is 19.5 Å². The third kappa shape index (κ3) is 5.23. The smallest absolute Gasteiger partial charge is 0.355 e. The molecular formula is C38H34N4Zn+2. The summed E-state index contributed by atoms with van der Waals surface area (Å²) in [6.45, 7) is 13.1. The third-order valence-corrected chi connectivity index (χ3v) is 8.25. The number of aromatic nitrogens is 4. The summed E-state index contributed by atoms with van der Waals surface area (Å²) in [5.74, 6) is 0. The number of benzene rings is 2. The maximum atomic E-state index is 5.12. The topological polar surface area (TPSA) is 57.4 Å². The van der Waals surface area contributed by atoms with Crippen molar-refractivity contribution in [2.24, 2.45) is 0 Å². The van der Waals surface area contributed by atoms with Crippen LogP contribution in [0.25, 0.3) is 68.6 Å². The van der Waals surface area contributed by atoms with Crippen molar-refractivity contribution < 1.29 is 19.5 Å². The second-order valence-electron chi connectivity index (χ2n) is 11.8. The molecule has 2 N–H and O–H groups in total. The van der Waals surface area contributed by atoms with Crippen molar-refractivity contribution in [3.8, 4) is 22.3 Å². The Kier molecular flexibility index (Phi) is 7.40. The van der Waals surface area contributed by atoms with Gasteiger partial charge in [0.2, 0.25) is 0 Å². The largest absolute Gasteiger partial charge is 2.00 e. The molecular weight excluding hydrogens is 578 g/mol. The van der Waals surface area contributed by atoms with Gasteiger partial charge in [0.1, 0.15) is 0 Å². The zero-order valence-corrected chi connectivity index (χ0v) is 28.7. The van der Waals surface area contributed by atoms with Crippen LogP contribution in [-0.2, 0) is 19.5 Å². The molecule has 5 heterocycles. The van der Waals surface area contributed by atoms with Gasteiger partial charge in [0.05, 0.1) is 22.8 Å². The van der Waals surface area contributed by atoms with Gasteiger partial charge in [-0.3, -0.25) is 0 Å². The minimum absolute atomic E-state index is 0. The summed E-state index contributed by atoms with van der Waals surface area (Å²) in [4.78, 5) is 17.6. The summed E-state index contributed by atoms with van der Waals surface area (Å²) in [6.07, 6.45) is 8.43. The molecule has 0 amide bonds. The minimum atomic E-state index is 0. The molecule has 0 fully saturated rings. The summed E-state index contributed by atoms with van der Waals surface area (Å²) < 4.78 is 0. The van der Waals surface area contributed by atoms with E-state index in [4.69, 9.17) is 9.97 Å². The number of nitrogens with zero attached hydrogens (tertiary/aromatic N) is 2. The molecule has 2 aliphatic rings. The first kappa shape index (κ1) is 28.8. The van der Waals surface area contributed by atoms with Crippen LogP contribution in [0.1, 0.15) is 56.2 Å². The van der Waals surface area contributed by atoms with Crippen LogP contribution in [0.3, 0.4) is 0 Å². The maximum absolute atomic E-state index is 5.12. The van der Waals surface area contributed by atoms with Gasteiger partial charge < -0.3 is 9.97 Å². The molecule has 0 atom stereocenters. The second kappa shape index (κ2) is 11.1. The summed E-state index contributed by atoms with van der Waals surface area (Å²) in [7, 11) is 0. The van der Waals surface area contributed by atoms with E-state index in [0.29, 0.717) is 0 Å². The monoisotopic (exact) mass is 610 g/mol. The van der Waals surface area contributed by atoms with Gasteiger partial charge in [-0.25, -0.2) is 9.97 Å².